The molecule has 142 valence electrons. The van der Waals surface area contributed by atoms with Gasteiger partial charge < -0.3 is 9.84 Å². The monoisotopic (exact) mass is 396 g/mol. The fourth-order valence-electron chi connectivity index (χ4n) is 3.34. The van der Waals surface area contributed by atoms with Gasteiger partial charge in [-0.25, -0.2) is 9.67 Å². The molecule has 1 aromatic carbocycles. The zero-order valence-corrected chi connectivity index (χ0v) is 15.8. The Morgan fingerprint density at radius 3 is 2.89 bits per heavy atom. The normalized spacial score (nSPS) is 15.1. The van der Waals surface area contributed by atoms with Crippen LogP contribution in [0.3, 0.4) is 0 Å². The molecule has 0 amide bonds. The lowest BCUT2D eigenvalue weighted by Crippen LogP contribution is -2.11. The maximum Gasteiger partial charge on any atom is 0.142 e. The van der Waals surface area contributed by atoms with Crippen LogP contribution in [0.2, 0.25) is 5.02 Å². The summed E-state index contributed by atoms with van der Waals surface area (Å²) in [6, 6.07) is 5.32. The number of rotatable bonds is 5. The van der Waals surface area contributed by atoms with E-state index in [9.17, 15) is 5.11 Å². The minimum Gasteiger partial charge on any atom is -0.495 e. The molecule has 0 unspecified atom stereocenters. The smallest absolute Gasteiger partial charge is 0.142 e. The molecule has 3 heterocycles. The second-order valence-corrected chi connectivity index (χ2v) is 7.21. The number of hydrogen-bond acceptors (Lipinski definition) is 6. The highest BCUT2D eigenvalue weighted by atomic mass is 35.5. The van der Waals surface area contributed by atoms with Gasteiger partial charge in [-0.1, -0.05) is 16.8 Å². The highest BCUT2D eigenvalue weighted by Gasteiger charge is 2.32. The number of hydrogen-bond donors (Lipinski definition) is 1. The van der Waals surface area contributed by atoms with Crippen molar-refractivity contribution in [3.05, 3.63) is 65.2 Å². The van der Waals surface area contributed by atoms with Gasteiger partial charge in [-0.15, -0.1) is 5.10 Å². The number of imidazole rings is 1. The van der Waals surface area contributed by atoms with E-state index >= 15 is 0 Å². The van der Waals surface area contributed by atoms with Gasteiger partial charge in [0.2, 0.25) is 0 Å². The molecule has 0 bridgehead atoms. The number of ether oxygens (including phenoxy) is 1. The predicted molar refractivity (Wildman–Crippen MR) is 102 cm³/mol. The third kappa shape index (κ3) is 2.81. The number of benzene rings is 1. The van der Waals surface area contributed by atoms with Gasteiger partial charge in [0.1, 0.15) is 17.5 Å². The van der Waals surface area contributed by atoms with Gasteiger partial charge in [-0.3, -0.25) is 9.38 Å². The summed E-state index contributed by atoms with van der Waals surface area (Å²) < 4.78 is 8.62. The van der Waals surface area contributed by atoms with Crippen LogP contribution >= 0.6 is 11.6 Å². The van der Waals surface area contributed by atoms with Gasteiger partial charge in [0, 0.05) is 5.92 Å². The Balaban J connectivity index is 1.55. The van der Waals surface area contributed by atoms with Gasteiger partial charge in [0.15, 0.2) is 0 Å². The molecule has 4 aromatic rings. The SMILES string of the molecule is COc1ccc(-n2cc([C@H](O)c3c(C4CC4)ncc4cncn34)nn2)cc1Cl. The number of aromatic nitrogens is 6. The molecule has 28 heavy (non-hydrogen) atoms. The Hall–Kier alpha value is -2.97. The predicted octanol–water partition coefficient (Wildman–Crippen LogP) is 2.93. The van der Waals surface area contributed by atoms with Crippen molar-refractivity contribution in [1.82, 2.24) is 29.4 Å². The van der Waals surface area contributed by atoms with Crippen LogP contribution in [0.15, 0.2) is 43.1 Å². The van der Waals surface area contributed by atoms with Crippen LogP contribution in [0.4, 0.5) is 0 Å². The largest absolute Gasteiger partial charge is 0.495 e. The summed E-state index contributed by atoms with van der Waals surface area (Å²) in [6.07, 6.45) is 8.06. The first kappa shape index (κ1) is 17.2. The standard InChI is InChI=1S/C19H17ClN6O2/c1-28-16-5-4-12(6-14(16)20)26-9-15(23-24-26)19(27)18-17(11-2-3-11)22-8-13-7-21-10-25(13)18/h4-11,19,27H,2-3H2,1H3/t19-/m0/s1. The van der Waals surface area contributed by atoms with Gasteiger partial charge in [0.25, 0.3) is 0 Å². The minimum absolute atomic E-state index is 0.367. The van der Waals surface area contributed by atoms with Gasteiger partial charge in [-0.05, 0) is 31.0 Å². The highest BCUT2D eigenvalue weighted by molar-refractivity contribution is 6.32. The summed E-state index contributed by atoms with van der Waals surface area (Å²) in [5.74, 6) is 0.949. The summed E-state index contributed by atoms with van der Waals surface area (Å²) in [6.45, 7) is 0. The number of methoxy groups -OCH3 is 1. The molecule has 5 rings (SSSR count). The molecule has 0 spiro atoms. The van der Waals surface area contributed by atoms with E-state index in [4.69, 9.17) is 16.3 Å². The molecule has 0 saturated heterocycles. The van der Waals surface area contributed by atoms with Crippen molar-refractivity contribution in [2.24, 2.45) is 0 Å². The van der Waals surface area contributed by atoms with Crippen molar-refractivity contribution in [2.75, 3.05) is 7.11 Å². The molecule has 1 atom stereocenters. The van der Waals surface area contributed by atoms with Crippen molar-refractivity contribution < 1.29 is 9.84 Å². The molecular weight excluding hydrogens is 380 g/mol. The number of halogens is 1. The molecule has 1 saturated carbocycles. The van der Waals surface area contributed by atoms with Crippen LogP contribution in [0.1, 0.15) is 41.9 Å². The molecule has 0 aliphatic heterocycles. The quantitative estimate of drug-likeness (QED) is 0.557. The van der Waals surface area contributed by atoms with E-state index < -0.39 is 6.10 Å². The third-order valence-electron chi connectivity index (χ3n) is 4.94. The molecule has 3 aromatic heterocycles. The maximum atomic E-state index is 11.1. The Morgan fingerprint density at radius 2 is 2.14 bits per heavy atom. The lowest BCUT2D eigenvalue weighted by molar-refractivity contribution is 0.206. The van der Waals surface area contributed by atoms with E-state index in [1.54, 1.807) is 48.8 Å². The Labute approximate surface area is 165 Å². The number of fused-ring (bicyclic) bond motifs is 1. The molecule has 1 aliphatic carbocycles. The number of nitrogens with zero attached hydrogens (tertiary/aromatic N) is 6. The minimum atomic E-state index is -0.969. The fourth-order valence-corrected chi connectivity index (χ4v) is 3.59. The van der Waals surface area contributed by atoms with E-state index in [1.807, 2.05) is 10.5 Å². The van der Waals surface area contributed by atoms with Crippen molar-refractivity contribution in [2.45, 2.75) is 24.9 Å². The molecule has 0 radical (unpaired) electrons. The van der Waals surface area contributed by atoms with Crippen LogP contribution < -0.4 is 4.74 Å². The van der Waals surface area contributed by atoms with Crippen molar-refractivity contribution in [3.63, 3.8) is 0 Å². The maximum absolute atomic E-state index is 11.1. The van der Waals surface area contributed by atoms with Crippen LogP contribution in [-0.2, 0) is 0 Å². The topological polar surface area (TPSA) is 90.4 Å². The summed E-state index contributed by atoms with van der Waals surface area (Å²) in [4.78, 5) is 8.76. The second-order valence-electron chi connectivity index (χ2n) is 6.80. The number of aliphatic hydroxyl groups excluding tert-OH is 1. The first-order chi connectivity index (χ1) is 13.7. The number of aliphatic hydroxyl groups is 1. The Morgan fingerprint density at radius 1 is 1.29 bits per heavy atom. The zero-order chi connectivity index (χ0) is 19.3. The summed E-state index contributed by atoms with van der Waals surface area (Å²) in [5, 5.41) is 19.9. The van der Waals surface area contributed by atoms with E-state index in [2.05, 4.69) is 20.3 Å². The molecule has 1 aliphatic rings. The van der Waals surface area contributed by atoms with Crippen LogP contribution in [0, 0.1) is 0 Å². The van der Waals surface area contributed by atoms with Crippen molar-refractivity contribution in [1.29, 1.82) is 0 Å². The van der Waals surface area contributed by atoms with Crippen molar-refractivity contribution in [3.8, 4) is 11.4 Å². The first-order valence-electron chi connectivity index (χ1n) is 8.91. The third-order valence-corrected chi connectivity index (χ3v) is 5.23. The lowest BCUT2D eigenvalue weighted by atomic mass is 10.1. The van der Waals surface area contributed by atoms with E-state index in [1.165, 1.54) is 0 Å². The van der Waals surface area contributed by atoms with Crippen LogP contribution in [0.25, 0.3) is 11.2 Å². The van der Waals surface area contributed by atoms with Gasteiger partial charge in [-0.2, -0.15) is 0 Å². The summed E-state index contributed by atoms with van der Waals surface area (Å²) in [5.41, 5.74) is 3.56. The van der Waals surface area contributed by atoms with Crippen molar-refractivity contribution >= 4 is 17.1 Å². The van der Waals surface area contributed by atoms with E-state index in [0.717, 1.165) is 29.7 Å². The molecule has 9 heteroatoms. The van der Waals surface area contributed by atoms with Gasteiger partial charge in [0.05, 0.1) is 59.6 Å². The average Bonchev–Trinajstić information content (AvgIpc) is 3.24. The molecule has 1 N–H and O–H groups in total. The second kappa shape index (κ2) is 6.57. The van der Waals surface area contributed by atoms with E-state index in [0.29, 0.717) is 28.1 Å². The fraction of sp³-hybridized carbons (Fsp3) is 0.263. The Bertz CT molecular complexity index is 1170. The molecular formula is C19H17ClN6O2. The molecule has 1 fully saturated rings. The van der Waals surface area contributed by atoms with E-state index in [-0.39, 0.29) is 0 Å². The average molecular weight is 397 g/mol. The zero-order valence-electron chi connectivity index (χ0n) is 15.0. The van der Waals surface area contributed by atoms with Gasteiger partial charge >= 0.3 is 0 Å². The van der Waals surface area contributed by atoms with Crippen LogP contribution in [0.5, 0.6) is 5.75 Å². The summed E-state index contributed by atoms with van der Waals surface area (Å²) in [7, 11) is 1.56. The first-order valence-corrected chi connectivity index (χ1v) is 9.28. The Kier molecular flexibility index (Phi) is 4.03. The lowest BCUT2D eigenvalue weighted by Gasteiger charge is -2.15. The summed E-state index contributed by atoms with van der Waals surface area (Å²) >= 11 is 6.21. The highest BCUT2D eigenvalue weighted by Crippen LogP contribution is 2.42. The molecule has 8 nitrogen and oxygen atoms in total. The van der Waals surface area contributed by atoms with Crippen LogP contribution in [-0.4, -0.2) is 41.6 Å².